The Morgan fingerprint density at radius 3 is 1.10 bits per heavy atom. The van der Waals surface area contributed by atoms with Crippen LogP contribution in [0.3, 0.4) is 0 Å². The number of esters is 3. The van der Waals surface area contributed by atoms with E-state index in [0.29, 0.717) is 25.7 Å². The fourth-order valence-electron chi connectivity index (χ4n) is 7.53. The number of rotatable bonds is 54. The van der Waals surface area contributed by atoms with Gasteiger partial charge in [0, 0.05) is 19.3 Å². The summed E-state index contributed by atoms with van der Waals surface area (Å²) in [5.41, 5.74) is 0. The van der Waals surface area contributed by atoms with E-state index < -0.39 is 57.8 Å². The zero-order valence-corrected chi connectivity index (χ0v) is 49.7. The van der Waals surface area contributed by atoms with Gasteiger partial charge in [-0.1, -0.05) is 212 Å². The third-order valence-electron chi connectivity index (χ3n) is 12.0. The summed E-state index contributed by atoms with van der Waals surface area (Å²) in [6.45, 7) is 4.29. The maximum atomic E-state index is 12.9. The van der Waals surface area contributed by atoms with E-state index in [-0.39, 0.29) is 25.9 Å². The summed E-state index contributed by atoms with van der Waals surface area (Å²) < 4.78 is 39.5. The molecule has 0 fully saturated rings. The quantitative estimate of drug-likeness (QED) is 0.0197. The van der Waals surface area contributed by atoms with Crippen LogP contribution >= 0.6 is 7.82 Å². The van der Waals surface area contributed by atoms with Crippen molar-refractivity contribution in [1.29, 1.82) is 0 Å². The van der Waals surface area contributed by atoms with Crippen molar-refractivity contribution in [3.63, 3.8) is 0 Å². The van der Waals surface area contributed by atoms with Gasteiger partial charge in [-0.2, -0.15) is 0 Å². The summed E-state index contributed by atoms with van der Waals surface area (Å²) in [6.07, 6.45) is 74.1. The van der Waals surface area contributed by atoms with Gasteiger partial charge in [-0.05, 0) is 128 Å². The van der Waals surface area contributed by atoms with E-state index in [2.05, 4.69) is 142 Å². The summed E-state index contributed by atoms with van der Waals surface area (Å²) in [6, 6.07) is 0. The normalized spacial score (nSPS) is 14.3. The fraction of sp³-hybridized carbons (Fsp3) is 0.621. The number of phosphoric ester groups is 1. The molecule has 0 aliphatic rings. The maximum absolute atomic E-state index is 12.9. The van der Waals surface area contributed by atoms with Crippen molar-refractivity contribution in [2.24, 2.45) is 0 Å². The SMILES string of the molecule is CC/C=C\C/C=C\C/C=C\C/C=C\C/C=C\CCCCCC(=O)OCC(COP(=O)(O)OCC(CO)OC(=O)CCCCCCC/C=C\CCCCCCCC)OC(=O)CCC/C=C\C/C=C\C/C=C\C/C=C\C/C=C\CC. The molecule has 3 unspecified atom stereocenters. The Hall–Kier alpha value is -4.38. The lowest BCUT2D eigenvalue weighted by Crippen LogP contribution is -2.30. The summed E-state index contributed by atoms with van der Waals surface area (Å²) in [4.78, 5) is 48.6. The minimum Gasteiger partial charge on any atom is -0.462 e. The number of unbranched alkanes of at least 4 members (excludes halogenated alkanes) is 15. The second kappa shape index (κ2) is 58.8. The zero-order valence-electron chi connectivity index (χ0n) is 48.8. The highest BCUT2D eigenvalue weighted by Crippen LogP contribution is 2.43. The van der Waals surface area contributed by atoms with Crippen LogP contribution in [0.15, 0.2) is 134 Å². The van der Waals surface area contributed by atoms with Crippen LogP contribution in [-0.2, 0) is 42.2 Å². The first-order valence-corrected chi connectivity index (χ1v) is 31.6. The van der Waals surface area contributed by atoms with Gasteiger partial charge < -0.3 is 24.2 Å². The first kappa shape index (κ1) is 73.6. The second-order valence-electron chi connectivity index (χ2n) is 19.4. The Balaban J connectivity index is 4.88. The minimum absolute atomic E-state index is 0.0739. The van der Waals surface area contributed by atoms with Crippen molar-refractivity contribution >= 4 is 25.7 Å². The Labute approximate surface area is 474 Å². The fourth-order valence-corrected chi connectivity index (χ4v) is 8.31. The molecule has 0 amide bonds. The molecule has 0 saturated carbocycles. The number of hydrogen-bond donors (Lipinski definition) is 2. The number of allylic oxidation sites excluding steroid dienone is 22. The van der Waals surface area contributed by atoms with Crippen LogP contribution < -0.4 is 0 Å². The van der Waals surface area contributed by atoms with Crippen LogP contribution in [-0.4, -0.2) is 66.5 Å². The minimum atomic E-state index is -4.78. The van der Waals surface area contributed by atoms with E-state index in [4.69, 9.17) is 23.3 Å². The monoisotopic (exact) mass is 1110 g/mol. The molecule has 3 atom stereocenters. The van der Waals surface area contributed by atoms with Crippen molar-refractivity contribution < 1.29 is 52.2 Å². The van der Waals surface area contributed by atoms with E-state index in [9.17, 15) is 28.9 Å². The predicted molar refractivity (Wildman–Crippen MR) is 325 cm³/mol. The van der Waals surface area contributed by atoms with Crippen LogP contribution in [0.25, 0.3) is 0 Å². The third kappa shape index (κ3) is 56.3. The first-order valence-electron chi connectivity index (χ1n) is 30.1. The molecule has 11 nitrogen and oxygen atoms in total. The number of aliphatic hydroxyl groups excluding tert-OH is 1. The lowest BCUT2D eigenvalue weighted by molar-refractivity contribution is -0.161. The van der Waals surface area contributed by atoms with E-state index in [1.807, 2.05) is 12.2 Å². The largest absolute Gasteiger partial charge is 0.472 e. The highest BCUT2D eigenvalue weighted by Gasteiger charge is 2.28. The van der Waals surface area contributed by atoms with E-state index >= 15 is 0 Å². The van der Waals surface area contributed by atoms with Crippen LogP contribution in [0.1, 0.15) is 226 Å². The number of ether oxygens (including phenoxy) is 3. The van der Waals surface area contributed by atoms with Gasteiger partial charge in [0.05, 0.1) is 19.8 Å². The van der Waals surface area contributed by atoms with Crippen LogP contribution in [0.4, 0.5) is 0 Å². The van der Waals surface area contributed by atoms with Crippen LogP contribution in [0, 0.1) is 0 Å². The molecular weight excluding hydrogens is 1000 g/mol. The van der Waals surface area contributed by atoms with Gasteiger partial charge in [-0.25, -0.2) is 4.57 Å². The lowest BCUT2D eigenvalue weighted by atomic mass is 10.1. The molecule has 442 valence electrons. The van der Waals surface area contributed by atoms with Crippen molar-refractivity contribution in [3.05, 3.63) is 134 Å². The Morgan fingerprint density at radius 1 is 0.372 bits per heavy atom. The van der Waals surface area contributed by atoms with Crippen molar-refractivity contribution in [2.45, 2.75) is 238 Å². The zero-order chi connectivity index (χ0) is 56.9. The third-order valence-corrected chi connectivity index (χ3v) is 13.0. The van der Waals surface area contributed by atoms with Crippen molar-refractivity contribution in [1.82, 2.24) is 0 Å². The average molecular weight is 1110 g/mol. The number of phosphoric acid groups is 1. The molecule has 0 aromatic heterocycles. The predicted octanol–water partition coefficient (Wildman–Crippen LogP) is 18.1. The van der Waals surface area contributed by atoms with Crippen LogP contribution in [0.5, 0.6) is 0 Å². The summed E-state index contributed by atoms with van der Waals surface area (Å²) in [7, 11) is -4.78. The summed E-state index contributed by atoms with van der Waals surface area (Å²) >= 11 is 0. The van der Waals surface area contributed by atoms with Crippen LogP contribution in [0.2, 0.25) is 0 Å². The van der Waals surface area contributed by atoms with Gasteiger partial charge in [-0.3, -0.25) is 23.4 Å². The molecule has 0 saturated heterocycles. The molecule has 0 aliphatic heterocycles. The van der Waals surface area contributed by atoms with Gasteiger partial charge >= 0.3 is 25.7 Å². The summed E-state index contributed by atoms with van der Waals surface area (Å²) in [5, 5.41) is 9.83. The smallest absolute Gasteiger partial charge is 0.462 e. The topological polar surface area (TPSA) is 155 Å². The Kier molecular flexibility index (Phi) is 55.5. The average Bonchev–Trinajstić information content (AvgIpc) is 3.43. The van der Waals surface area contributed by atoms with Gasteiger partial charge in [0.25, 0.3) is 0 Å². The highest BCUT2D eigenvalue weighted by atomic mass is 31.2. The maximum Gasteiger partial charge on any atom is 0.472 e. The molecule has 0 radical (unpaired) electrons. The molecule has 0 aliphatic carbocycles. The molecule has 12 heteroatoms. The molecular formula is C66H107O11P. The van der Waals surface area contributed by atoms with E-state index in [1.54, 1.807) is 0 Å². The molecule has 2 N–H and O–H groups in total. The Bertz CT molecular complexity index is 1820. The summed E-state index contributed by atoms with van der Waals surface area (Å²) in [5.74, 6) is -1.60. The molecule has 0 aromatic rings. The van der Waals surface area contributed by atoms with E-state index in [0.717, 1.165) is 122 Å². The highest BCUT2D eigenvalue weighted by molar-refractivity contribution is 7.47. The second-order valence-corrected chi connectivity index (χ2v) is 20.8. The van der Waals surface area contributed by atoms with Gasteiger partial charge in [0.15, 0.2) is 6.10 Å². The number of carbonyl (C=O) groups is 3. The van der Waals surface area contributed by atoms with E-state index in [1.165, 1.54) is 38.5 Å². The lowest BCUT2D eigenvalue weighted by Gasteiger charge is -2.21. The molecule has 0 aromatic carbocycles. The molecule has 78 heavy (non-hydrogen) atoms. The molecule has 0 rings (SSSR count). The van der Waals surface area contributed by atoms with Crippen molar-refractivity contribution in [2.75, 3.05) is 26.4 Å². The molecule has 0 bridgehead atoms. The van der Waals surface area contributed by atoms with Gasteiger partial charge in [0.1, 0.15) is 12.7 Å². The Morgan fingerprint density at radius 2 is 0.679 bits per heavy atom. The number of carbonyl (C=O) groups excluding carboxylic acids is 3. The molecule has 0 heterocycles. The number of hydrogen-bond acceptors (Lipinski definition) is 10. The van der Waals surface area contributed by atoms with Gasteiger partial charge in [0.2, 0.25) is 0 Å². The van der Waals surface area contributed by atoms with Gasteiger partial charge in [-0.15, -0.1) is 0 Å². The van der Waals surface area contributed by atoms with Crippen molar-refractivity contribution in [3.8, 4) is 0 Å². The molecule has 0 spiro atoms. The number of aliphatic hydroxyl groups is 1. The standard InChI is InChI=1S/C66H107O11P/c1-4-7-10-13-16-19-22-25-28-30-31-33-35-37-40-43-46-49-52-55-64(68)73-59-63(77-66(70)57-54-51-48-45-42-39-36-32-29-26-23-20-17-14-11-8-5-2)61-75-78(71,72)74-60-62(58-67)76-65(69)56-53-50-47-44-41-38-34-27-24-21-18-15-12-9-6-3/h7-8,10-11,16-17,19-20,25-29,31,33-34,36-37,39-40,45,48,62-63,67H,4-6,9,12-15,18,21-24,30,32,35,38,41-44,46-47,49-61H2,1-3H3,(H,71,72)/b10-7-,11-8-,19-16-,20-17-,28-25-,29-26-,33-31-,34-27-,39-36-,40-37-,48-45-. The first-order chi connectivity index (χ1) is 38.2.